The zero-order valence-electron chi connectivity index (χ0n) is 12.9. The van der Waals surface area contributed by atoms with Gasteiger partial charge in [0.15, 0.2) is 5.54 Å². The highest BCUT2D eigenvalue weighted by Gasteiger charge is 2.51. The third-order valence-corrected chi connectivity index (χ3v) is 4.40. The number of primary amides is 1. The van der Waals surface area contributed by atoms with E-state index in [-0.39, 0.29) is 5.91 Å². The van der Waals surface area contributed by atoms with Crippen LogP contribution in [0.1, 0.15) is 34.5 Å². The van der Waals surface area contributed by atoms with Crippen molar-refractivity contribution in [1.29, 1.82) is 0 Å². The summed E-state index contributed by atoms with van der Waals surface area (Å²) < 4.78 is 0. The van der Waals surface area contributed by atoms with Crippen molar-refractivity contribution in [1.82, 2.24) is 14.9 Å². The number of benzene rings is 1. The summed E-state index contributed by atoms with van der Waals surface area (Å²) in [5, 5.41) is 0. The van der Waals surface area contributed by atoms with Gasteiger partial charge in [-0.2, -0.15) is 0 Å². The molecule has 0 aliphatic carbocycles. The predicted octanol–water partition coefficient (Wildman–Crippen LogP) is 1.40. The number of nitrogens with two attached hydrogens (primary N) is 1. The van der Waals surface area contributed by atoms with Crippen LogP contribution in [0.15, 0.2) is 42.9 Å². The maximum atomic E-state index is 13.0. The third kappa shape index (κ3) is 2.36. The lowest BCUT2D eigenvalue weighted by Gasteiger charge is -2.35. The largest absolute Gasteiger partial charge is 0.367 e. The fraction of sp³-hybridized carbons (Fsp3) is 0.294. The Kier molecular flexibility index (Phi) is 3.82. The lowest BCUT2D eigenvalue weighted by atomic mass is 9.90. The van der Waals surface area contributed by atoms with Crippen LogP contribution in [0.2, 0.25) is 0 Å². The van der Waals surface area contributed by atoms with Gasteiger partial charge in [-0.1, -0.05) is 18.2 Å². The number of aryl methyl sites for hydroxylation is 1. The van der Waals surface area contributed by atoms with Gasteiger partial charge in [0, 0.05) is 24.5 Å². The highest BCUT2D eigenvalue weighted by atomic mass is 16.2. The normalized spacial score (nSPS) is 20.5. The number of hydrogen-bond acceptors (Lipinski definition) is 4. The Morgan fingerprint density at radius 2 is 2.04 bits per heavy atom. The number of carbonyl (C=O) groups is 2. The van der Waals surface area contributed by atoms with Gasteiger partial charge in [0.05, 0.1) is 11.9 Å². The van der Waals surface area contributed by atoms with E-state index in [1.807, 2.05) is 25.1 Å². The van der Waals surface area contributed by atoms with Gasteiger partial charge < -0.3 is 10.6 Å². The van der Waals surface area contributed by atoms with Crippen molar-refractivity contribution >= 4 is 11.8 Å². The standard InChI is InChI=1S/C17H18N4O2/c1-12-5-2-3-6-13(12)15(22)21-10-4-7-17(21,16(18)23)14-11-19-8-9-20-14/h2-3,5-6,8-9,11H,4,7,10H2,1H3,(H2,18,23). The molecule has 23 heavy (non-hydrogen) atoms. The van der Waals surface area contributed by atoms with Gasteiger partial charge in [-0.15, -0.1) is 0 Å². The molecule has 0 saturated carbocycles. The van der Waals surface area contributed by atoms with E-state index in [0.717, 1.165) is 5.56 Å². The average Bonchev–Trinajstić information content (AvgIpc) is 3.01. The Morgan fingerprint density at radius 3 is 2.70 bits per heavy atom. The van der Waals surface area contributed by atoms with Gasteiger partial charge in [-0.3, -0.25) is 19.6 Å². The molecule has 1 fully saturated rings. The lowest BCUT2D eigenvalue weighted by molar-refractivity contribution is -0.128. The molecule has 1 aromatic heterocycles. The molecular formula is C17H18N4O2. The van der Waals surface area contributed by atoms with Crippen LogP contribution >= 0.6 is 0 Å². The zero-order valence-corrected chi connectivity index (χ0v) is 12.9. The van der Waals surface area contributed by atoms with Crippen LogP contribution in [0, 0.1) is 6.92 Å². The van der Waals surface area contributed by atoms with E-state index in [0.29, 0.717) is 30.6 Å². The zero-order chi connectivity index (χ0) is 16.4. The second-order valence-electron chi connectivity index (χ2n) is 5.69. The predicted molar refractivity (Wildman–Crippen MR) is 84.4 cm³/mol. The second kappa shape index (κ2) is 5.79. The monoisotopic (exact) mass is 310 g/mol. The van der Waals surface area contributed by atoms with E-state index in [1.165, 1.54) is 18.6 Å². The molecule has 1 unspecified atom stereocenters. The Balaban J connectivity index is 2.09. The minimum absolute atomic E-state index is 0.204. The SMILES string of the molecule is Cc1ccccc1C(=O)N1CCCC1(C(N)=O)c1cnccn1. The number of hydrogen-bond donors (Lipinski definition) is 1. The van der Waals surface area contributed by atoms with E-state index in [9.17, 15) is 9.59 Å². The summed E-state index contributed by atoms with van der Waals surface area (Å²) in [6.45, 7) is 2.34. The summed E-state index contributed by atoms with van der Waals surface area (Å²) in [4.78, 5) is 35.2. The van der Waals surface area contributed by atoms with Crippen LogP contribution in [-0.4, -0.2) is 33.2 Å². The molecule has 2 N–H and O–H groups in total. The molecule has 2 amide bonds. The van der Waals surface area contributed by atoms with Crippen LogP contribution in [0.25, 0.3) is 0 Å². The van der Waals surface area contributed by atoms with Crippen LogP contribution in [0.4, 0.5) is 0 Å². The maximum Gasteiger partial charge on any atom is 0.255 e. The molecule has 2 heterocycles. The molecule has 6 nitrogen and oxygen atoms in total. The third-order valence-electron chi connectivity index (χ3n) is 4.40. The summed E-state index contributed by atoms with van der Waals surface area (Å²) in [5.41, 5.74) is 6.34. The molecule has 1 aliphatic rings. The van der Waals surface area contributed by atoms with E-state index in [2.05, 4.69) is 9.97 Å². The first-order valence-corrected chi connectivity index (χ1v) is 7.51. The van der Waals surface area contributed by atoms with Crippen molar-refractivity contribution in [2.45, 2.75) is 25.3 Å². The van der Waals surface area contributed by atoms with Gasteiger partial charge in [-0.05, 0) is 31.4 Å². The van der Waals surface area contributed by atoms with E-state index < -0.39 is 11.4 Å². The highest BCUT2D eigenvalue weighted by molar-refractivity contribution is 6.00. The van der Waals surface area contributed by atoms with Crippen molar-refractivity contribution in [3.8, 4) is 0 Å². The fourth-order valence-corrected chi connectivity index (χ4v) is 3.21. The molecule has 2 aromatic rings. The van der Waals surface area contributed by atoms with Gasteiger partial charge in [0.2, 0.25) is 5.91 Å². The maximum absolute atomic E-state index is 13.0. The molecule has 1 atom stereocenters. The van der Waals surface area contributed by atoms with Crippen LogP contribution in [-0.2, 0) is 10.3 Å². The van der Waals surface area contributed by atoms with E-state index in [4.69, 9.17) is 5.73 Å². The second-order valence-corrected chi connectivity index (χ2v) is 5.69. The quantitative estimate of drug-likeness (QED) is 0.928. The van der Waals surface area contributed by atoms with E-state index >= 15 is 0 Å². The minimum Gasteiger partial charge on any atom is -0.367 e. The first-order valence-electron chi connectivity index (χ1n) is 7.51. The molecule has 6 heteroatoms. The number of amides is 2. The van der Waals surface area contributed by atoms with E-state index in [1.54, 1.807) is 11.0 Å². The van der Waals surface area contributed by atoms with Crippen LogP contribution < -0.4 is 5.73 Å². The van der Waals surface area contributed by atoms with Gasteiger partial charge in [0.25, 0.3) is 5.91 Å². The Bertz CT molecular complexity index is 747. The molecule has 1 saturated heterocycles. The van der Waals surface area contributed by atoms with Gasteiger partial charge in [-0.25, -0.2) is 0 Å². The fourth-order valence-electron chi connectivity index (χ4n) is 3.21. The molecule has 1 aliphatic heterocycles. The first kappa shape index (κ1) is 15.1. The van der Waals surface area contributed by atoms with Crippen molar-refractivity contribution < 1.29 is 9.59 Å². The Morgan fingerprint density at radius 1 is 1.26 bits per heavy atom. The summed E-state index contributed by atoms with van der Waals surface area (Å²) in [7, 11) is 0. The summed E-state index contributed by atoms with van der Waals surface area (Å²) in [6.07, 6.45) is 5.69. The molecule has 1 aromatic carbocycles. The van der Waals surface area contributed by atoms with Crippen LogP contribution in [0.3, 0.4) is 0 Å². The number of likely N-dealkylation sites (tertiary alicyclic amines) is 1. The lowest BCUT2D eigenvalue weighted by Crippen LogP contribution is -2.54. The molecular weight excluding hydrogens is 292 g/mol. The topological polar surface area (TPSA) is 89.2 Å². The number of carbonyl (C=O) groups excluding carboxylic acids is 2. The molecule has 3 rings (SSSR count). The van der Waals surface area contributed by atoms with Crippen molar-refractivity contribution in [3.63, 3.8) is 0 Å². The smallest absolute Gasteiger partial charge is 0.255 e. The van der Waals surface area contributed by atoms with Crippen molar-refractivity contribution in [2.24, 2.45) is 5.73 Å². The number of rotatable bonds is 3. The van der Waals surface area contributed by atoms with Gasteiger partial charge >= 0.3 is 0 Å². The summed E-state index contributed by atoms with van der Waals surface area (Å²) in [5.74, 6) is -0.775. The minimum atomic E-state index is -1.23. The number of aromatic nitrogens is 2. The van der Waals surface area contributed by atoms with Gasteiger partial charge in [0.1, 0.15) is 0 Å². The molecule has 0 radical (unpaired) electrons. The van der Waals surface area contributed by atoms with Crippen molar-refractivity contribution in [2.75, 3.05) is 6.54 Å². The van der Waals surface area contributed by atoms with Crippen LogP contribution in [0.5, 0.6) is 0 Å². The average molecular weight is 310 g/mol. The number of nitrogens with zero attached hydrogens (tertiary/aromatic N) is 3. The summed E-state index contributed by atoms with van der Waals surface area (Å²) >= 11 is 0. The first-order chi connectivity index (χ1) is 11.1. The Labute approximate surface area is 134 Å². The summed E-state index contributed by atoms with van der Waals surface area (Å²) in [6, 6.07) is 7.32. The molecule has 118 valence electrons. The Hall–Kier alpha value is -2.76. The highest BCUT2D eigenvalue weighted by Crippen LogP contribution is 2.38. The molecule has 0 bridgehead atoms. The van der Waals surface area contributed by atoms with Crippen molar-refractivity contribution in [3.05, 3.63) is 59.7 Å². The molecule has 0 spiro atoms.